The van der Waals surface area contributed by atoms with Gasteiger partial charge in [0.2, 0.25) is 0 Å². The summed E-state index contributed by atoms with van der Waals surface area (Å²) in [4.78, 5) is 4.18. The van der Waals surface area contributed by atoms with E-state index in [2.05, 4.69) is 46.0 Å². The summed E-state index contributed by atoms with van der Waals surface area (Å²) in [6.07, 6.45) is 2.09. The molecule has 1 fully saturated rings. The lowest BCUT2D eigenvalue weighted by Gasteiger charge is -2.38. The lowest BCUT2D eigenvalue weighted by Crippen LogP contribution is -2.47. The normalized spacial score (nSPS) is 18.0. The smallest absolute Gasteiger partial charge is 0.190 e. The van der Waals surface area contributed by atoms with Gasteiger partial charge in [-0.25, -0.2) is 0 Å². The van der Waals surface area contributed by atoms with Gasteiger partial charge in [-0.2, -0.15) is 0 Å². The van der Waals surface area contributed by atoms with Crippen molar-refractivity contribution in [2.45, 2.75) is 18.3 Å². The zero-order valence-corrected chi connectivity index (χ0v) is 14.5. The van der Waals surface area contributed by atoms with Crippen LogP contribution >= 0.6 is 24.0 Å². The summed E-state index contributed by atoms with van der Waals surface area (Å²) in [7, 11) is 3.67. The molecule has 20 heavy (non-hydrogen) atoms. The van der Waals surface area contributed by atoms with E-state index in [4.69, 9.17) is 4.74 Å². The molecule has 0 aliphatic carbocycles. The minimum Gasteiger partial charge on any atom is -0.381 e. The van der Waals surface area contributed by atoms with Gasteiger partial charge >= 0.3 is 0 Å². The van der Waals surface area contributed by atoms with Crippen LogP contribution in [0.4, 0.5) is 0 Å². The third-order valence-electron chi connectivity index (χ3n) is 3.89. The minimum absolute atomic E-state index is 0. The van der Waals surface area contributed by atoms with Crippen LogP contribution in [0.5, 0.6) is 0 Å². The molecule has 0 radical (unpaired) electrons. The van der Waals surface area contributed by atoms with Gasteiger partial charge in [-0.15, -0.1) is 24.0 Å². The molecule has 2 rings (SSSR count). The topological polar surface area (TPSA) is 45.7 Å². The standard InChI is InChI=1S/C15H23N3O.HI/c1-16-14(17-2)18-12-15(8-10-19-11-9-15)13-6-4-3-5-7-13;/h3-7H,8-12H2,1-2H3,(H2,16,17,18);1H. The number of ether oxygens (including phenoxy) is 1. The van der Waals surface area contributed by atoms with Crippen molar-refractivity contribution in [2.24, 2.45) is 4.99 Å². The summed E-state index contributed by atoms with van der Waals surface area (Å²) >= 11 is 0. The Morgan fingerprint density at radius 2 is 1.90 bits per heavy atom. The van der Waals surface area contributed by atoms with Crippen LogP contribution in [0.2, 0.25) is 0 Å². The summed E-state index contributed by atoms with van der Waals surface area (Å²) in [5.41, 5.74) is 1.53. The fraction of sp³-hybridized carbons (Fsp3) is 0.533. The van der Waals surface area contributed by atoms with Crippen molar-refractivity contribution >= 4 is 29.9 Å². The van der Waals surface area contributed by atoms with E-state index in [1.807, 2.05) is 7.05 Å². The van der Waals surface area contributed by atoms with Crippen LogP contribution in [-0.2, 0) is 10.2 Å². The van der Waals surface area contributed by atoms with Crippen LogP contribution in [0.1, 0.15) is 18.4 Å². The molecule has 2 N–H and O–H groups in total. The zero-order valence-electron chi connectivity index (χ0n) is 12.2. The highest BCUT2D eigenvalue weighted by atomic mass is 127. The predicted molar refractivity (Wildman–Crippen MR) is 94.0 cm³/mol. The first kappa shape index (κ1) is 17.2. The van der Waals surface area contributed by atoms with E-state index in [0.717, 1.165) is 38.6 Å². The maximum atomic E-state index is 5.53. The fourth-order valence-electron chi connectivity index (χ4n) is 2.65. The zero-order chi connectivity index (χ0) is 13.6. The van der Waals surface area contributed by atoms with Crippen molar-refractivity contribution in [2.75, 3.05) is 33.9 Å². The van der Waals surface area contributed by atoms with Crippen molar-refractivity contribution in [1.82, 2.24) is 10.6 Å². The summed E-state index contributed by atoms with van der Waals surface area (Å²) in [6.45, 7) is 2.54. The van der Waals surface area contributed by atoms with E-state index in [-0.39, 0.29) is 29.4 Å². The van der Waals surface area contributed by atoms with Crippen molar-refractivity contribution in [3.63, 3.8) is 0 Å². The van der Waals surface area contributed by atoms with Gasteiger partial charge < -0.3 is 15.4 Å². The molecule has 0 atom stereocenters. The van der Waals surface area contributed by atoms with Crippen LogP contribution in [-0.4, -0.2) is 39.8 Å². The van der Waals surface area contributed by atoms with Gasteiger partial charge in [-0.3, -0.25) is 4.99 Å². The molecular weight excluding hydrogens is 365 g/mol. The SMILES string of the molecule is CN=C(NC)NCC1(c2ccccc2)CCOCC1.I. The Bertz CT molecular complexity index is 416. The van der Waals surface area contributed by atoms with E-state index < -0.39 is 0 Å². The molecule has 0 saturated carbocycles. The van der Waals surface area contributed by atoms with Crippen LogP contribution < -0.4 is 10.6 Å². The van der Waals surface area contributed by atoms with Gasteiger partial charge in [0.05, 0.1) is 0 Å². The maximum Gasteiger partial charge on any atom is 0.190 e. The second-order valence-corrected chi connectivity index (χ2v) is 4.93. The van der Waals surface area contributed by atoms with Gasteiger partial charge in [-0.1, -0.05) is 30.3 Å². The Hall–Kier alpha value is -0.820. The highest BCUT2D eigenvalue weighted by Gasteiger charge is 2.34. The Labute approximate surface area is 138 Å². The molecule has 0 amide bonds. The van der Waals surface area contributed by atoms with Crippen molar-refractivity contribution in [3.8, 4) is 0 Å². The first-order valence-electron chi connectivity index (χ1n) is 6.82. The maximum absolute atomic E-state index is 5.53. The minimum atomic E-state index is 0. The number of nitrogens with zero attached hydrogens (tertiary/aromatic N) is 1. The molecule has 1 heterocycles. The largest absolute Gasteiger partial charge is 0.381 e. The summed E-state index contributed by atoms with van der Waals surface area (Å²) < 4.78 is 5.53. The molecule has 0 spiro atoms. The lowest BCUT2D eigenvalue weighted by atomic mass is 9.74. The molecule has 0 unspecified atom stereocenters. The van der Waals surface area contributed by atoms with Gasteiger partial charge in [0.15, 0.2) is 5.96 Å². The highest BCUT2D eigenvalue weighted by Crippen LogP contribution is 2.34. The van der Waals surface area contributed by atoms with Gasteiger partial charge in [0.1, 0.15) is 0 Å². The second-order valence-electron chi connectivity index (χ2n) is 4.93. The van der Waals surface area contributed by atoms with Crippen LogP contribution in [0.15, 0.2) is 35.3 Å². The molecule has 1 saturated heterocycles. The second kappa shape index (κ2) is 8.46. The number of halogens is 1. The molecule has 0 bridgehead atoms. The van der Waals surface area contributed by atoms with Crippen molar-refractivity contribution < 1.29 is 4.74 Å². The Morgan fingerprint density at radius 1 is 1.25 bits per heavy atom. The average Bonchev–Trinajstić information content (AvgIpc) is 2.50. The van der Waals surface area contributed by atoms with Gasteiger partial charge in [0.25, 0.3) is 0 Å². The van der Waals surface area contributed by atoms with Crippen LogP contribution in [0, 0.1) is 0 Å². The van der Waals surface area contributed by atoms with E-state index >= 15 is 0 Å². The first-order valence-corrected chi connectivity index (χ1v) is 6.82. The molecular formula is C15H24IN3O. The average molecular weight is 389 g/mol. The monoisotopic (exact) mass is 389 g/mol. The number of guanidine groups is 1. The number of rotatable bonds is 3. The number of aliphatic imine (C=N–C) groups is 1. The van der Waals surface area contributed by atoms with Crippen molar-refractivity contribution in [3.05, 3.63) is 35.9 Å². The molecule has 1 aromatic rings. The predicted octanol–water partition coefficient (Wildman–Crippen LogP) is 2.15. The van der Waals surface area contributed by atoms with Crippen LogP contribution in [0.3, 0.4) is 0 Å². The van der Waals surface area contributed by atoms with Gasteiger partial charge in [-0.05, 0) is 18.4 Å². The number of hydrogen-bond acceptors (Lipinski definition) is 2. The third-order valence-corrected chi connectivity index (χ3v) is 3.89. The van der Waals surface area contributed by atoms with E-state index in [9.17, 15) is 0 Å². The molecule has 0 aromatic heterocycles. The third kappa shape index (κ3) is 4.09. The Morgan fingerprint density at radius 3 is 2.45 bits per heavy atom. The van der Waals surface area contributed by atoms with E-state index in [1.165, 1.54) is 5.56 Å². The van der Waals surface area contributed by atoms with Gasteiger partial charge in [0, 0.05) is 39.3 Å². The molecule has 1 aromatic carbocycles. The fourth-order valence-corrected chi connectivity index (χ4v) is 2.65. The van der Waals surface area contributed by atoms with Crippen LogP contribution in [0.25, 0.3) is 0 Å². The Kier molecular flexibility index (Phi) is 7.29. The molecule has 1 aliphatic rings. The summed E-state index contributed by atoms with van der Waals surface area (Å²) in [5, 5.41) is 6.48. The number of hydrogen-bond donors (Lipinski definition) is 2. The first-order chi connectivity index (χ1) is 9.30. The summed E-state index contributed by atoms with van der Waals surface area (Å²) in [5.74, 6) is 0.835. The molecule has 1 aliphatic heterocycles. The van der Waals surface area contributed by atoms with E-state index in [0.29, 0.717) is 0 Å². The number of benzene rings is 1. The quantitative estimate of drug-likeness (QED) is 0.473. The molecule has 4 nitrogen and oxygen atoms in total. The summed E-state index contributed by atoms with van der Waals surface area (Å²) in [6, 6.07) is 10.7. The van der Waals surface area contributed by atoms with Crippen molar-refractivity contribution in [1.29, 1.82) is 0 Å². The van der Waals surface area contributed by atoms with E-state index in [1.54, 1.807) is 7.05 Å². The molecule has 5 heteroatoms. The molecule has 112 valence electrons. The number of nitrogens with one attached hydrogen (secondary N) is 2. The Balaban J connectivity index is 0.00000200. The highest BCUT2D eigenvalue weighted by molar-refractivity contribution is 14.0. The lowest BCUT2D eigenvalue weighted by molar-refractivity contribution is 0.0514.